The van der Waals surface area contributed by atoms with Gasteiger partial charge in [0.05, 0.1) is 6.26 Å². The molecule has 29 heavy (non-hydrogen) atoms. The third-order valence-electron chi connectivity index (χ3n) is 5.09. The first-order chi connectivity index (χ1) is 14.1. The highest BCUT2D eigenvalue weighted by atomic mass is 32.1. The number of furan rings is 1. The van der Waals surface area contributed by atoms with E-state index in [-0.39, 0.29) is 11.8 Å². The lowest BCUT2D eigenvalue weighted by Crippen LogP contribution is -2.50. The van der Waals surface area contributed by atoms with Crippen LogP contribution < -0.4 is 10.6 Å². The molecule has 0 saturated carbocycles. The molecule has 2 aromatic rings. The predicted molar refractivity (Wildman–Crippen MR) is 118 cm³/mol. The van der Waals surface area contributed by atoms with Gasteiger partial charge in [0.2, 0.25) is 5.91 Å². The number of likely N-dealkylation sites (tertiary alicyclic amines) is 1. The van der Waals surface area contributed by atoms with Crippen LogP contribution in [0, 0.1) is 5.92 Å². The van der Waals surface area contributed by atoms with Gasteiger partial charge < -0.3 is 20.0 Å². The van der Waals surface area contributed by atoms with Crippen molar-refractivity contribution in [2.24, 2.45) is 10.9 Å². The molecular formula is C22H32N4O2S. The van der Waals surface area contributed by atoms with Gasteiger partial charge in [-0.25, -0.2) is 0 Å². The first-order valence-electron chi connectivity index (χ1n) is 10.5. The van der Waals surface area contributed by atoms with Crippen molar-refractivity contribution in [3.8, 4) is 0 Å². The van der Waals surface area contributed by atoms with Crippen molar-refractivity contribution in [3.63, 3.8) is 0 Å². The normalized spacial score (nSPS) is 15.7. The Morgan fingerprint density at radius 2 is 2.10 bits per heavy atom. The molecule has 1 fully saturated rings. The molecule has 2 N–H and O–H groups in total. The molecule has 0 aliphatic carbocycles. The standard InChI is InChI=1S/C22H32N4O2S/c1-17(2)21(27)26-13-9-18(10-14-26)25-22(23-11-7-19-5-3-15-28-19)24-12-8-20-6-4-16-29-20/h3-6,15-18H,7-14H2,1-2H3,(H2,23,24,25). The van der Waals surface area contributed by atoms with Crippen LogP contribution in [-0.2, 0) is 17.6 Å². The highest BCUT2D eigenvalue weighted by molar-refractivity contribution is 7.09. The van der Waals surface area contributed by atoms with Crippen molar-refractivity contribution in [1.82, 2.24) is 15.5 Å². The Kier molecular flexibility index (Phi) is 8.16. The average molecular weight is 417 g/mol. The van der Waals surface area contributed by atoms with E-state index in [4.69, 9.17) is 9.41 Å². The maximum absolute atomic E-state index is 12.2. The Balaban J connectivity index is 1.50. The minimum Gasteiger partial charge on any atom is -0.469 e. The summed E-state index contributed by atoms with van der Waals surface area (Å²) in [5.74, 6) is 2.14. The Morgan fingerprint density at radius 3 is 2.76 bits per heavy atom. The fraction of sp³-hybridized carbons (Fsp3) is 0.545. The molecule has 0 aromatic carbocycles. The summed E-state index contributed by atoms with van der Waals surface area (Å²) in [4.78, 5) is 20.3. The smallest absolute Gasteiger partial charge is 0.225 e. The fourth-order valence-electron chi connectivity index (χ4n) is 3.45. The first-order valence-corrected chi connectivity index (χ1v) is 11.4. The number of carbonyl (C=O) groups is 1. The molecule has 1 amide bonds. The van der Waals surface area contributed by atoms with Gasteiger partial charge in [-0.15, -0.1) is 11.3 Å². The SMILES string of the molecule is CC(C)C(=O)N1CCC(NC(=NCCc2cccs2)NCCc2ccco2)CC1. The quantitative estimate of drug-likeness (QED) is 0.512. The molecule has 3 heterocycles. The maximum Gasteiger partial charge on any atom is 0.225 e. The number of amides is 1. The lowest BCUT2D eigenvalue weighted by molar-refractivity contribution is -0.135. The van der Waals surface area contributed by atoms with Gasteiger partial charge in [0.15, 0.2) is 5.96 Å². The molecule has 3 rings (SSSR count). The van der Waals surface area contributed by atoms with Gasteiger partial charge in [-0.05, 0) is 36.4 Å². The summed E-state index contributed by atoms with van der Waals surface area (Å²) in [7, 11) is 0. The van der Waals surface area contributed by atoms with E-state index >= 15 is 0 Å². The van der Waals surface area contributed by atoms with Gasteiger partial charge in [-0.2, -0.15) is 0 Å². The average Bonchev–Trinajstić information content (AvgIpc) is 3.42. The van der Waals surface area contributed by atoms with E-state index in [1.165, 1.54) is 4.88 Å². The van der Waals surface area contributed by atoms with E-state index in [0.29, 0.717) is 6.04 Å². The molecule has 1 aliphatic heterocycles. The van der Waals surface area contributed by atoms with Crippen molar-refractivity contribution in [2.75, 3.05) is 26.2 Å². The predicted octanol–water partition coefficient (Wildman–Crippen LogP) is 3.31. The van der Waals surface area contributed by atoms with E-state index in [9.17, 15) is 4.79 Å². The van der Waals surface area contributed by atoms with Crippen LogP contribution in [0.5, 0.6) is 0 Å². The summed E-state index contributed by atoms with van der Waals surface area (Å²) in [6.45, 7) is 7.07. The van der Waals surface area contributed by atoms with Crippen molar-refractivity contribution in [1.29, 1.82) is 0 Å². The summed E-state index contributed by atoms with van der Waals surface area (Å²) in [6.07, 6.45) is 5.37. The molecule has 7 heteroatoms. The zero-order valence-corrected chi connectivity index (χ0v) is 18.2. The summed E-state index contributed by atoms with van der Waals surface area (Å²) < 4.78 is 5.41. The zero-order chi connectivity index (χ0) is 20.5. The minimum absolute atomic E-state index is 0.0668. The Labute approximate surface area is 177 Å². The number of carbonyl (C=O) groups excluding carboxylic acids is 1. The van der Waals surface area contributed by atoms with Crippen molar-refractivity contribution >= 4 is 23.2 Å². The number of aliphatic imine (C=N–C) groups is 1. The van der Waals surface area contributed by atoms with Crippen LogP contribution in [0.15, 0.2) is 45.3 Å². The minimum atomic E-state index is 0.0668. The van der Waals surface area contributed by atoms with Crippen LogP contribution in [0.2, 0.25) is 0 Å². The van der Waals surface area contributed by atoms with Crippen LogP contribution in [-0.4, -0.2) is 49.0 Å². The fourth-order valence-corrected chi connectivity index (χ4v) is 4.15. The maximum atomic E-state index is 12.2. The summed E-state index contributed by atoms with van der Waals surface area (Å²) in [6, 6.07) is 8.47. The molecule has 0 radical (unpaired) electrons. The van der Waals surface area contributed by atoms with Crippen LogP contribution in [0.1, 0.15) is 37.3 Å². The van der Waals surface area contributed by atoms with Crippen molar-refractivity contribution < 1.29 is 9.21 Å². The molecule has 1 aliphatic rings. The van der Waals surface area contributed by atoms with Gasteiger partial charge in [0.25, 0.3) is 0 Å². The number of thiophene rings is 1. The molecule has 158 valence electrons. The van der Waals surface area contributed by atoms with E-state index in [0.717, 1.165) is 63.6 Å². The molecule has 0 atom stereocenters. The van der Waals surface area contributed by atoms with Crippen LogP contribution in [0.25, 0.3) is 0 Å². The third kappa shape index (κ3) is 6.92. The van der Waals surface area contributed by atoms with Crippen LogP contribution in [0.4, 0.5) is 0 Å². The van der Waals surface area contributed by atoms with E-state index < -0.39 is 0 Å². The first kappa shape index (κ1) is 21.4. The number of rotatable bonds is 8. The number of guanidine groups is 1. The highest BCUT2D eigenvalue weighted by Gasteiger charge is 2.24. The number of piperidine rings is 1. The lowest BCUT2D eigenvalue weighted by atomic mass is 10.0. The number of hydrogen-bond acceptors (Lipinski definition) is 4. The van der Waals surface area contributed by atoms with Gasteiger partial charge in [0.1, 0.15) is 5.76 Å². The van der Waals surface area contributed by atoms with Crippen LogP contribution in [0.3, 0.4) is 0 Å². The Morgan fingerprint density at radius 1 is 1.28 bits per heavy atom. The Hall–Kier alpha value is -2.28. The van der Waals surface area contributed by atoms with E-state index in [1.54, 1.807) is 17.6 Å². The molecule has 0 spiro atoms. The molecule has 0 bridgehead atoms. The lowest BCUT2D eigenvalue weighted by Gasteiger charge is -2.34. The second-order valence-corrected chi connectivity index (χ2v) is 8.75. The molecule has 0 unspecified atom stereocenters. The van der Waals surface area contributed by atoms with E-state index in [2.05, 4.69) is 28.1 Å². The monoisotopic (exact) mass is 416 g/mol. The largest absolute Gasteiger partial charge is 0.469 e. The third-order valence-corrected chi connectivity index (χ3v) is 6.03. The molecule has 2 aromatic heterocycles. The van der Waals surface area contributed by atoms with Gasteiger partial charge >= 0.3 is 0 Å². The summed E-state index contributed by atoms with van der Waals surface area (Å²) in [5, 5.41) is 9.12. The van der Waals surface area contributed by atoms with Gasteiger partial charge in [-0.1, -0.05) is 19.9 Å². The number of nitrogens with one attached hydrogen (secondary N) is 2. The van der Waals surface area contributed by atoms with Gasteiger partial charge in [0, 0.05) is 55.9 Å². The second-order valence-electron chi connectivity index (χ2n) is 7.71. The molecular weight excluding hydrogens is 384 g/mol. The van der Waals surface area contributed by atoms with Crippen molar-refractivity contribution in [3.05, 3.63) is 46.5 Å². The van der Waals surface area contributed by atoms with Crippen LogP contribution >= 0.6 is 11.3 Å². The Bertz CT molecular complexity index is 748. The van der Waals surface area contributed by atoms with E-state index in [1.807, 2.05) is 30.9 Å². The van der Waals surface area contributed by atoms with Gasteiger partial charge in [-0.3, -0.25) is 9.79 Å². The topological polar surface area (TPSA) is 69.9 Å². The second kappa shape index (κ2) is 11.0. The molecule has 1 saturated heterocycles. The number of nitrogens with zero attached hydrogens (tertiary/aromatic N) is 2. The number of hydrogen-bond donors (Lipinski definition) is 2. The zero-order valence-electron chi connectivity index (χ0n) is 17.4. The molecule has 6 nitrogen and oxygen atoms in total. The highest BCUT2D eigenvalue weighted by Crippen LogP contribution is 2.13. The van der Waals surface area contributed by atoms with Crippen molar-refractivity contribution in [2.45, 2.75) is 45.6 Å². The summed E-state index contributed by atoms with van der Waals surface area (Å²) >= 11 is 1.77. The summed E-state index contributed by atoms with van der Waals surface area (Å²) in [5.41, 5.74) is 0.